The number of rotatable bonds is 9. The molecule has 2 aromatic carbocycles. The zero-order chi connectivity index (χ0) is 21.4. The molecule has 5 heteroatoms. The zero-order valence-electron chi connectivity index (χ0n) is 18.1. The first-order chi connectivity index (χ1) is 13.8. The average Bonchev–Trinajstić information content (AvgIpc) is 2.72. The zero-order valence-corrected chi connectivity index (χ0v) is 18.1. The monoisotopic (exact) mass is 396 g/mol. The Labute approximate surface area is 174 Å². The molecule has 0 aliphatic rings. The quantitative estimate of drug-likeness (QED) is 0.700. The lowest BCUT2D eigenvalue weighted by molar-refractivity contribution is -0.140. The fourth-order valence-electron chi connectivity index (χ4n) is 3.04. The molecule has 0 heterocycles. The molecule has 0 radical (unpaired) electrons. The Morgan fingerprint density at radius 2 is 1.72 bits per heavy atom. The molecule has 2 amide bonds. The van der Waals surface area contributed by atoms with Crippen molar-refractivity contribution in [3.05, 3.63) is 65.2 Å². The fourth-order valence-corrected chi connectivity index (χ4v) is 3.04. The number of aryl methyl sites for hydroxylation is 1. The molecular formula is C24H32N2O3. The maximum absolute atomic E-state index is 13.2. The standard InChI is InChI=1S/C24H32N2O3/c1-6-18(3)25-24(28)19(4)26(16-21-10-8-7-9-17(21)2)23(27)15-20-11-13-22(29-5)14-12-20/h7-14,18-19H,6,15-16H2,1-5H3,(H,25,28)/t18-,19-/m1/s1. The van der Waals surface area contributed by atoms with Gasteiger partial charge in [0.1, 0.15) is 11.8 Å². The first kappa shape index (κ1) is 22.5. The molecular weight excluding hydrogens is 364 g/mol. The maximum Gasteiger partial charge on any atom is 0.242 e. The van der Waals surface area contributed by atoms with Crippen LogP contribution in [0.2, 0.25) is 0 Å². The molecule has 0 fully saturated rings. The fraction of sp³-hybridized carbons (Fsp3) is 0.417. The van der Waals surface area contributed by atoms with Crippen molar-refractivity contribution in [2.45, 2.75) is 59.2 Å². The normalized spacial score (nSPS) is 12.7. The molecule has 5 nitrogen and oxygen atoms in total. The van der Waals surface area contributed by atoms with Crippen LogP contribution in [-0.2, 0) is 22.6 Å². The summed E-state index contributed by atoms with van der Waals surface area (Å²) in [6.07, 6.45) is 1.08. The summed E-state index contributed by atoms with van der Waals surface area (Å²) >= 11 is 0. The van der Waals surface area contributed by atoms with E-state index in [4.69, 9.17) is 4.74 Å². The van der Waals surface area contributed by atoms with Crippen LogP contribution in [0.25, 0.3) is 0 Å². The summed E-state index contributed by atoms with van der Waals surface area (Å²) in [4.78, 5) is 27.6. The summed E-state index contributed by atoms with van der Waals surface area (Å²) in [7, 11) is 1.61. The van der Waals surface area contributed by atoms with E-state index in [0.29, 0.717) is 6.54 Å². The Bertz CT molecular complexity index is 817. The van der Waals surface area contributed by atoms with Gasteiger partial charge < -0.3 is 15.0 Å². The Morgan fingerprint density at radius 3 is 2.31 bits per heavy atom. The summed E-state index contributed by atoms with van der Waals surface area (Å²) < 4.78 is 5.18. The molecule has 0 bridgehead atoms. The van der Waals surface area contributed by atoms with Crippen LogP contribution < -0.4 is 10.1 Å². The van der Waals surface area contributed by atoms with E-state index in [0.717, 1.165) is 28.9 Å². The third kappa shape index (κ3) is 6.34. The molecule has 0 aromatic heterocycles. The van der Waals surface area contributed by atoms with E-state index >= 15 is 0 Å². The van der Waals surface area contributed by atoms with Gasteiger partial charge in [0.05, 0.1) is 13.5 Å². The summed E-state index contributed by atoms with van der Waals surface area (Å²) in [6.45, 7) is 8.20. The van der Waals surface area contributed by atoms with Gasteiger partial charge in [0.2, 0.25) is 11.8 Å². The molecule has 0 spiro atoms. The second-order valence-electron chi connectivity index (χ2n) is 7.47. The van der Waals surface area contributed by atoms with Gasteiger partial charge >= 0.3 is 0 Å². The minimum atomic E-state index is -0.561. The van der Waals surface area contributed by atoms with Gasteiger partial charge in [-0.1, -0.05) is 43.3 Å². The van der Waals surface area contributed by atoms with Gasteiger partial charge in [-0.15, -0.1) is 0 Å². The van der Waals surface area contributed by atoms with Gasteiger partial charge in [0.15, 0.2) is 0 Å². The van der Waals surface area contributed by atoms with Crippen LogP contribution in [0, 0.1) is 6.92 Å². The van der Waals surface area contributed by atoms with Crippen molar-refractivity contribution < 1.29 is 14.3 Å². The Morgan fingerprint density at radius 1 is 1.07 bits per heavy atom. The van der Waals surface area contributed by atoms with Crippen molar-refractivity contribution in [1.29, 1.82) is 0 Å². The molecule has 2 aromatic rings. The van der Waals surface area contributed by atoms with Crippen molar-refractivity contribution >= 4 is 11.8 Å². The van der Waals surface area contributed by atoms with Crippen LogP contribution in [0.15, 0.2) is 48.5 Å². The predicted octanol–water partition coefficient (Wildman–Crippen LogP) is 3.88. The molecule has 2 atom stereocenters. The van der Waals surface area contributed by atoms with Crippen molar-refractivity contribution in [2.75, 3.05) is 7.11 Å². The van der Waals surface area contributed by atoms with Crippen LogP contribution in [0.4, 0.5) is 0 Å². The minimum absolute atomic E-state index is 0.0713. The van der Waals surface area contributed by atoms with Gasteiger partial charge in [0.25, 0.3) is 0 Å². The molecule has 2 rings (SSSR count). The minimum Gasteiger partial charge on any atom is -0.497 e. The molecule has 0 aliphatic carbocycles. The molecule has 1 N–H and O–H groups in total. The SMILES string of the molecule is CC[C@@H](C)NC(=O)[C@@H](C)N(Cc1ccccc1C)C(=O)Cc1ccc(OC)cc1. The van der Waals surface area contributed by atoms with Crippen LogP contribution in [-0.4, -0.2) is 35.9 Å². The maximum atomic E-state index is 13.2. The van der Waals surface area contributed by atoms with Crippen LogP contribution >= 0.6 is 0 Å². The highest BCUT2D eigenvalue weighted by Crippen LogP contribution is 2.17. The van der Waals surface area contributed by atoms with Crippen LogP contribution in [0.5, 0.6) is 5.75 Å². The third-order valence-electron chi connectivity index (χ3n) is 5.28. The third-order valence-corrected chi connectivity index (χ3v) is 5.28. The van der Waals surface area contributed by atoms with Gasteiger partial charge in [-0.3, -0.25) is 9.59 Å². The van der Waals surface area contributed by atoms with Gasteiger partial charge in [-0.05, 0) is 56.0 Å². The van der Waals surface area contributed by atoms with Crippen molar-refractivity contribution in [1.82, 2.24) is 10.2 Å². The van der Waals surface area contributed by atoms with Crippen molar-refractivity contribution in [2.24, 2.45) is 0 Å². The van der Waals surface area contributed by atoms with E-state index in [9.17, 15) is 9.59 Å². The number of ether oxygens (including phenoxy) is 1. The number of hydrogen-bond acceptors (Lipinski definition) is 3. The highest BCUT2D eigenvalue weighted by molar-refractivity contribution is 5.88. The first-order valence-electron chi connectivity index (χ1n) is 10.1. The number of carbonyl (C=O) groups is 2. The Hall–Kier alpha value is -2.82. The Kier molecular flexibility index (Phi) is 8.25. The van der Waals surface area contributed by atoms with E-state index < -0.39 is 6.04 Å². The largest absolute Gasteiger partial charge is 0.497 e. The highest BCUT2D eigenvalue weighted by Gasteiger charge is 2.27. The van der Waals surface area contributed by atoms with E-state index in [1.54, 1.807) is 18.9 Å². The summed E-state index contributed by atoms with van der Waals surface area (Å²) in [6, 6.07) is 14.9. The number of amides is 2. The second-order valence-corrected chi connectivity index (χ2v) is 7.47. The molecule has 29 heavy (non-hydrogen) atoms. The first-order valence-corrected chi connectivity index (χ1v) is 10.1. The molecule has 0 aliphatic heterocycles. The van der Waals surface area contributed by atoms with E-state index in [1.165, 1.54) is 0 Å². The van der Waals surface area contributed by atoms with Gasteiger partial charge in [0, 0.05) is 12.6 Å². The van der Waals surface area contributed by atoms with E-state index in [-0.39, 0.29) is 24.3 Å². The van der Waals surface area contributed by atoms with E-state index in [1.807, 2.05) is 69.3 Å². The number of hydrogen-bond donors (Lipinski definition) is 1. The molecule has 0 saturated carbocycles. The highest BCUT2D eigenvalue weighted by atomic mass is 16.5. The molecule has 0 unspecified atom stereocenters. The smallest absolute Gasteiger partial charge is 0.242 e. The predicted molar refractivity (Wildman–Crippen MR) is 116 cm³/mol. The average molecular weight is 397 g/mol. The summed E-state index contributed by atoms with van der Waals surface area (Å²) in [5.74, 6) is 0.542. The van der Waals surface area contributed by atoms with Gasteiger partial charge in [-0.2, -0.15) is 0 Å². The molecule has 156 valence electrons. The lowest BCUT2D eigenvalue weighted by Crippen LogP contribution is -2.50. The number of nitrogens with one attached hydrogen (secondary N) is 1. The van der Waals surface area contributed by atoms with E-state index in [2.05, 4.69) is 5.32 Å². The lowest BCUT2D eigenvalue weighted by Gasteiger charge is -2.30. The molecule has 0 saturated heterocycles. The van der Waals surface area contributed by atoms with Crippen LogP contribution in [0.3, 0.4) is 0 Å². The summed E-state index contributed by atoms with van der Waals surface area (Å²) in [5, 5.41) is 2.99. The summed E-state index contributed by atoms with van der Waals surface area (Å²) in [5.41, 5.74) is 3.03. The number of benzene rings is 2. The van der Waals surface area contributed by atoms with Crippen molar-refractivity contribution in [3.63, 3.8) is 0 Å². The van der Waals surface area contributed by atoms with Crippen molar-refractivity contribution in [3.8, 4) is 5.75 Å². The number of methoxy groups -OCH3 is 1. The number of carbonyl (C=O) groups excluding carboxylic acids is 2. The topological polar surface area (TPSA) is 58.6 Å². The number of nitrogens with zero attached hydrogens (tertiary/aromatic N) is 1. The Balaban J connectivity index is 2.23. The second kappa shape index (κ2) is 10.6. The lowest BCUT2D eigenvalue weighted by atomic mass is 10.1. The van der Waals surface area contributed by atoms with Crippen LogP contribution in [0.1, 0.15) is 43.9 Å². The van der Waals surface area contributed by atoms with Gasteiger partial charge in [-0.25, -0.2) is 0 Å².